The van der Waals surface area contributed by atoms with Crippen molar-refractivity contribution >= 4 is 11.9 Å². The Morgan fingerprint density at radius 2 is 1.74 bits per heavy atom. The molecular weight excluding hydrogens is 267 g/mol. The molecule has 0 unspecified atom stereocenters. The maximum Gasteiger partial charge on any atom is 0.391 e. The molecule has 110 valence electrons. The van der Waals surface area contributed by atoms with Crippen molar-refractivity contribution in [1.82, 2.24) is 5.32 Å². The fourth-order valence-corrected chi connectivity index (χ4v) is 2.16. The van der Waals surface area contributed by atoms with E-state index < -0.39 is 42.5 Å². The average Bonchev–Trinajstić information content (AvgIpc) is 2.34. The minimum Gasteiger partial charge on any atom is -0.480 e. The van der Waals surface area contributed by atoms with Gasteiger partial charge in [-0.15, -0.1) is 0 Å². The topological polar surface area (TPSA) is 86.6 Å². The van der Waals surface area contributed by atoms with Gasteiger partial charge in [-0.1, -0.05) is 0 Å². The van der Waals surface area contributed by atoms with Crippen molar-refractivity contribution in [2.75, 3.05) is 6.61 Å². The number of rotatable bonds is 4. The van der Waals surface area contributed by atoms with Crippen LogP contribution in [0, 0.1) is 11.8 Å². The molecule has 5 nitrogen and oxygen atoms in total. The first-order valence-corrected chi connectivity index (χ1v) is 5.96. The molecule has 0 aromatic carbocycles. The van der Waals surface area contributed by atoms with Crippen molar-refractivity contribution in [2.45, 2.75) is 37.9 Å². The normalized spacial score (nSPS) is 25.7. The molecule has 0 aliphatic heterocycles. The first-order valence-electron chi connectivity index (χ1n) is 5.96. The molecule has 3 N–H and O–H groups in total. The summed E-state index contributed by atoms with van der Waals surface area (Å²) >= 11 is 0. The number of hydrogen-bond acceptors (Lipinski definition) is 3. The predicted molar refractivity (Wildman–Crippen MR) is 58.2 cm³/mol. The molecule has 0 radical (unpaired) electrons. The van der Waals surface area contributed by atoms with E-state index in [1.54, 1.807) is 0 Å². The minimum atomic E-state index is -4.24. The third kappa shape index (κ3) is 4.38. The zero-order valence-electron chi connectivity index (χ0n) is 10.1. The van der Waals surface area contributed by atoms with Crippen molar-refractivity contribution in [3.05, 3.63) is 0 Å². The van der Waals surface area contributed by atoms with Crippen LogP contribution in [-0.4, -0.2) is 40.9 Å². The van der Waals surface area contributed by atoms with Crippen LogP contribution in [-0.2, 0) is 9.59 Å². The highest BCUT2D eigenvalue weighted by molar-refractivity contribution is 5.85. The van der Waals surface area contributed by atoms with Gasteiger partial charge in [0.25, 0.3) is 0 Å². The summed E-state index contributed by atoms with van der Waals surface area (Å²) in [5.41, 5.74) is 0. The smallest absolute Gasteiger partial charge is 0.391 e. The Morgan fingerprint density at radius 3 is 2.11 bits per heavy atom. The third-order valence-electron chi connectivity index (χ3n) is 3.36. The van der Waals surface area contributed by atoms with Crippen LogP contribution in [0.5, 0.6) is 0 Å². The SMILES string of the molecule is O=C(N[C@H](CO)C(=O)O)C1CCC(C(F)(F)F)CC1. The third-order valence-corrected chi connectivity index (χ3v) is 3.36. The number of aliphatic hydroxyl groups excluding tert-OH is 1. The average molecular weight is 283 g/mol. The number of carbonyl (C=O) groups excluding carboxylic acids is 1. The maximum absolute atomic E-state index is 12.4. The number of hydrogen-bond donors (Lipinski definition) is 3. The molecule has 0 bridgehead atoms. The predicted octanol–water partition coefficient (Wildman–Crippen LogP) is 0.917. The fraction of sp³-hybridized carbons (Fsp3) is 0.818. The fourth-order valence-electron chi connectivity index (χ4n) is 2.16. The monoisotopic (exact) mass is 283 g/mol. The number of nitrogens with one attached hydrogen (secondary N) is 1. The first kappa shape index (κ1) is 15.7. The number of aliphatic hydroxyl groups is 1. The molecule has 1 aliphatic rings. The molecule has 0 saturated heterocycles. The Kier molecular flexibility index (Phi) is 5.16. The second-order valence-corrected chi connectivity index (χ2v) is 4.67. The number of carboxylic acids is 1. The van der Waals surface area contributed by atoms with Gasteiger partial charge in [-0.05, 0) is 25.7 Å². The van der Waals surface area contributed by atoms with Crippen LogP contribution in [0.15, 0.2) is 0 Å². The summed E-state index contributed by atoms with van der Waals surface area (Å²) < 4.78 is 37.3. The van der Waals surface area contributed by atoms with Gasteiger partial charge in [0, 0.05) is 5.92 Å². The number of carbonyl (C=O) groups is 2. The summed E-state index contributed by atoms with van der Waals surface area (Å²) in [4.78, 5) is 22.3. The van der Waals surface area contributed by atoms with E-state index in [-0.39, 0.29) is 25.7 Å². The number of halogens is 3. The summed E-state index contributed by atoms with van der Waals surface area (Å²) in [6.07, 6.45) is -4.34. The van der Waals surface area contributed by atoms with Gasteiger partial charge in [-0.25, -0.2) is 4.79 Å². The van der Waals surface area contributed by atoms with Crippen molar-refractivity contribution in [2.24, 2.45) is 11.8 Å². The maximum atomic E-state index is 12.4. The van der Waals surface area contributed by atoms with Crippen LogP contribution in [0.25, 0.3) is 0 Å². The van der Waals surface area contributed by atoms with Gasteiger partial charge in [-0.3, -0.25) is 4.79 Å². The van der Waals surface area contributed by atoms with Gasteiger partial charge in [0.1, 0.15) is 6.04 Å². The Labute approximate surface area is 107 Å². The van der Waals surface area contributed by atoms with Gasteiger partial charge in [0.05, 0.1) is 12.5 Å². The molecule has 1 aliphatic carbocycles. The molecule has 0 aromatic rings. The summed E-state index contributed by atoms with van der Waals surface area (Å²) in [5.74, 6) is -3.99. The Balaban J connectivity index is 2.47. The molecular formula is C11H16F3NO4. The Bertz CT molecular complexity index is 337. The van der Waals surface area contributed by atoms with Gasteiger partial charge in [0.2, 0.25) is 5.91 Å². The van der Waals surface area contributed by atoms with Crippen LogP contribution >= 0.6 is 0 Å². The highest BCUT2D eigenvalue weighted by Crippen LogP contribution is 2.39. The number of amides is 1. The highest BCUT2D eigenvalue weighted by atomic mass is 19.4. The minimum absolute atomic E-state index is 0.0772. The van der Waals surface area contributed by atoms with Crippen LogP contribution in [0.2, 0.25) is 0 Å². The zero-order chi connectivity index (χ0) is 14.6. The van der Waals surface area contributed by atoms with Crippen LogP contribution in [0.3, 0.4) is 0 Å². The second-order valence-electron chi connectivity index (χ2n) is 4.67. The Hall–Kier alpha value is -1.31. The van der Waals surface area contributed by atoms with E-state index >= 15 is 0 Å². The second kappa shape index (κ2) is 6.23. The zero-order valence-corrected chi connectivity index (χ0v) is 10.1. The van der Waals surface area contributed by atoms with Gasteiger partial charge < -0.3 is 15.5 Å². The van der Waals surface area contributed by atoms with E-state index in [2.05, 4.69) is 5.32 Å². The van der Waals surface area contributed by atoms with E-state index in [9.17, 15) is 22.8 Å². The molecule has 1 rings (SSSR count). The molecule has 0 spiro atoms. The molecule has 1 fully saturated rings. The van der Waals surface area contributed by atoms with E-state index in [1.165, 1.54) is 0 Å². The number of alkyl halides is 3. The van der Waals surface area contributed by atoms with Crippen LogP contribution < -0.4 is 5.32 Å². The lowest BCUT2D eigenvalue weighted by Crippen LogP contribution is -2.46. The lowest BCUT2D eigenvalue weighted by molar-refractivity contribution is -0.184. The summed E-state index contributed by atoms with van der Waals surface area (Å²) in [5, 5.41) is 19.5. The molecule has 1 saturated carbocycles. The van der Waals surface area contributed by atoms with E-state index in [1.807, 2.05) is 0 Å². The summed E-state index contributed by atoms with van der Waals surface area (Å²) in [6, 6.07) is -1.41. The lowest BCUT2D eigenvalue weighted by Gasteiger charge is -2.29. The van der Waals surface area contributed by atoms with Gasteiger partial charge in [0.15, 0.2) is 0 Å². The van der Waals surface area contributed by atoms with Crippen LogP contribution in [0.4, 0.5) is 13.2 Å². The first-order chi connectivity index (χ1) is 8.75. The van der Waals surface area contributed by atoms with E-state index in [4.69, 9.17) is 10.2 Å². The number of aliphatic carboxylic acids is 1. The number of carboxylic acid groups (broad SMARTS) is 1. The van der Waals surface area contributed by atoms with Crippen molar-refractivity contribution in [3.63, 3.8) is 0 Å². The van der Waals surface area contributed by atoms with Crippen molar-refractivity contribution in [3.8, 4) is 0 Å². The molecule has 19 heavy (non-hydrogen) atoms. The summed E-state index contributed by atoms with van der Waals surface area (Å²) in [7, 11) is 0. The molecule has 8 heteroatoms. The standard InChI is InChI=1S/C11H16F3NO4/c12-11(13,14)7-3-1-6(2-4-7)9(17)15-8(5-16)10(18)19/h6-8,16H,1-5H2,(H,15,17)(H,18,19)/t6?,7?,8-/m1/s1. The molecule has 1 atom stereocenters. The largest absolute Gasteiger partial charge is 0.480 e. The van der Waals surface area contributed by atoms with Gasteiger partial charge >= 0.3 is 12.1 Å². The van der Waals surface area contributed by atoms with Gasteiger partial charge in [-0.2, -0.15) is 13.2 Å². The van der Waals surface area contributed by atoms with Crippen LogP contribution in [0.1, 0.15) is 25.7 Å². The quantitative estimate of drug-likeness (QED) is 0.716. The van der Waals surface area contributed by atoms with E-state index in [0.717, 1.165) is 0 Å². The molecule has 0 heterocycles. The van der Waals surface area contributed by atoms with E-state index in [0.29, 0.717) is 0 Å². The summed E-state index contributed by atoms with van der Waals surface area (Å²) in [6.45, 7) is -0.751. The van der Waals surface area contributed by atoms with Crippen molar-refractivity contribution < 1.29 is 33.0 Å². The highest BCUT2D eigenvalue weighted by Gasteiger charge is 2.42. The molecule has 1 amide bonds. The Morgan fingerprint density at radius 1 is 1.21 bits per heavy atom. The lowest BCUT2D eigenvalue weighted by atomic mass is 9.81. The molecule has 0 aromatic heterocycles. The van der Waals surface area contributed by atoms with Crippen molar-refractivity contribution in [1.29, 1.82) is 0 Å².